The molecule has 0 saturated heterocycles. The van der Waals surface area contributed by atoms with Gasteiger partial charge in [0.05, 0.1) is 12.4 Å². The summed E-state index contributed by atoms with van der Waals surface area (Å²) in [5.41, 5.74) is 0.369. The highest BCUT2D eigenvalue weighted by atomic mass is 16.1. The second-order valence-electron chi connectivity index (χ2n) is 5.67. The Morgan fingerprint density at radius 2 is 1.95 bits per heavy atom. The Bertz CT molecular complexity index is 420. The van der Waals surface area contributed by atoms with Gasteiger partial charge in [-0.2, -0.15) is 0 Å². The maximum atomic E-state index is 11.9. The van der Waals surface area contributed by atoms with Crippen molar-refractivity contribution in [3.8, 4) is 0 Å². The number of carbonyl (C=O) groups excluding carboxylic acids is 1. The minimum absolute atomic E-state index is 0.149. The predicted molar refractivity (Wildman–Crippen MR) is 86.5 cm³/mol. The molecule has 1 rings (SSSR count). The summed E-state index contributed by atoms with van der Waals surface area (Å²) in [7, 11) is 0. The van der Waals surface area contributed by atoms with Crippen LogP contribution in [0.5, 0.6) is 0 Å². The average molecular weight is 292 g/mol. The number of nitrogens with zero attached hydrogens (tertiary/aromatic N) is 2. The number of hydrogen-bond donors (Lipinski definition) is 2. The normalized spacial score (nSPS) is 10.7. The van der Waals surface area contributed by atoms with E-state index in [4.69, 9.17) is 0 Å². The molecule has 0 aliphatic heterocycles. The van der Waals surface area contributed by atoms with Crippen molar-refractivity contribution in [2.75, 3.05) is 18.4 Å². The second kappa shape index (κ2) is 10.1. The molecule has 5 heteroatoms. The van der Waals surface area contributed by atoms with Gasteiger partial charge < -0.3 is 10.6 Å². The average Bonchev–Trinajstić information content (AvgIpc) is 2.46. The summed E-state index contributed by atoms with van der Waals surface area (Å²) < 4.78 is 0. The van der Waals surface area contributed by atoms with E-state index in [2.05, 4.69) is 34.4 Å². The fourth-order valence-electron chi connectivity index (χ4n) is 2.07. The molecule has 0 radical (unpaired) electrons. The molecule has 0 unspecified atom stereocenters. The SMILES string of the molecule is CCNc1cncc(C(=O)NCCCCCCC(C)C)n1. The highest BCUT2D eigenvalue weighted by Crippen LogP contribution is 2.09. The lowest BCUT2D eigenvalue weighted by Crippen LogP contribution is -2.25. The van der Waals surface area contributed by atoms with Gasteiger partial charge in [0.2, 0.25) is 0 Å². The lowest BCUT2D eigenvalue weighted by molar-refractivity contribution is 0.0947. The molecular formula is C16H28N4O. The van der Waals surface area contributed by atoms with Gasteiger partial charge in [0, 0.05) is 13.1 Å². The van der Waals surface area contributed by atoms with E-state index in [-0.39, 0.29) is 5.91 Å². The zero-order valence-corrected chi connectivity index (χ0v) is 13.5. The molecule has 0 atom stereocenters. The van der Waals surface area contributed by atoms with Gasteiger partial charge in [-0.15, -0.1) is 0 Å². The first-order chi connectivity index (χ1) is 10.1. The third-order valence-corrected chi connectivity index (χ3v) is 3.22. The summed E-state index contributed by atoms with van der Waals surface area (Å²) in [6, 6.07) is 0. The number of rotatable bonds is 10. The first-order valence-electron chi connectivity index (χ1n) is 7.97. The Hall–Kier alpha value is -1.65. The first kappa shape index (κ1) is 17.4. The number of anilines is 1. The molecular weight excluding hydrogens is 264 g/mol. The van der Waals surface area contributed by atoms with Gasteiger partial charge >= 0.3 is 0 Å². The van der Waals surface area contributed by atoms with Crippen LogP contribution in [0.25, 0.3) is 0 Å². The van der Waals surface area contributed by atoms with E-state index in [0.29, 0.717) is 18.1 Å². The number of carbonyl (C=O) groups is 1. The van der Waals surface area contributed by atoms with Crippen LogP contribution in [0.3, 0.4) is 0 Å². The number of nitrogens with one attached hydrogen (secondary N) is 2. The minimum atomic E-state index is -0.149. The van der Waals surface area contributed by atoms with Gasteiger partial charge in [0.25, 0.3) is 5.91 Å². The van der Waals surface area contributed by atoms with E-state index in [9.17, 15) is 4.79 Å². The van der Waals surface area contributed by atoms with Crippen molar-refractivity contribution in [2.45, 2.75) is 52.9 Å². The van der Waals surface area contributed by atoms with E-state index < -0.39 is 0 Å². The molecule has 0 aliphatic rings. The molecule has 1 aromatic heterocycles. The molecule has 0 spiro atoms. The monoisotopic (exact) mass is 292 g/mol. The molecule has 1 aromatic rings. The Balaban J connectivity index is 2.20. The molecule has 0 fully saturated rings. The highest BCUT2D eigenvalue weighted by Gasteiger charge is 2.07. The van der Waals surface area contributed by atoms with Crippen molar-refractivity contribution in [1.29, 1.82) is 0 Å². The Morgan fingerprint density at radius 3 is 2.67 bits per heavy atom. The van der Waals surface area contributed by atoms with Crippen molar-refractivity contribution >= 4 is 11.7 Å². The fourth-order valence-corrected chi connectivity index (χ4v) is 2.07. The van der Waals surface area contributed by atoms with Gasteiger partial charge in [0.1, 0.15) is 11.5 Å². The van der Waals surface area contributed by atoms with Crippen LogP contribution in [0, 0.1) is 5.92 Å². The van der Waals surface area contributed by atoms with Crippen LogP contribution < -0.4 is 10.6 Å². The van der Waals surface area contributed by atoms with Crippen LogP contribution in [0.15, 0.2) is 12.4 Å². The zero-order chi connectivity index (χ0) is 15.5. The zero-order valence-electron chi connectivity index (χ0n) is 13.5. The van der Waals surface area contributed by atoms with Gasteiger partial charge in [-0.05, 0) is 19.3 Å². The minimum Gasteiger partial charge on any atom is -0.369 e. The van der Waals surface area contributed by atoms with Gasteiger partial charge in [-0.1, -0.05) is 39.5 Å². The molecule has 118 valence electrons. The van der Waals surface area contributed by atoms with Crippen LogP contribution in [0.2, 0.25) is 0 Å². The molecule has 1 amide bonds. The van der Waals surface area contributed by atoms with E-state index in [1.54, 1.807) is 6.20 Å². The van der Waals surface area contributed by atoms with E-state index >= 15 is 0 Å². The van der Waals surface area contributed by atoms with Crippen molar-refractivity contribution < 1.29 is 4.79 Å². The van der Waals surface area contributed by atoms with E-state index in [1.165, 1.54) is 25.5 Å². The molecule has 1 heterocycles. The smallest absolute Gasteiger partial charge is 0.271 e. The first-order valence-corrected chi connectivity index (χ1v) is 7.97. The molecule has 2 N–H and O–H groups in total. The van der Waals surface area contributed by atoms with Gasteiger partial charge in [0.15, 0.2) is 0 Å². The fraction of sp³-hybridized carbons (Fsp3) is 0.688. The topological polar surface area (TPSA) is 66.9 Å². The van der Waals surface area contributed by atoms with Crippen molar-refractivity contribution in [3.63, 3.8) is 0 Å². The lowest BCUT2D eigenvalue weighted by atomic mass is 10.0. The summed E-state index contributed by atoms with van der Waals surface area (Å²) in [6.07, 6.45) is 9.11. The number of hydrogen-bond acceptors (Lipinski definition) is 4. The molecule has 0 aromatic carbocycles. The number of aromatic nitrogens is 2. The third-order valence-electron chi connectivity index (χ3n) is 3.22. The maximum Gasteiger partial charge on any atom is 0.271 e. The van der Waals surface area contributed by atoms with Crippen LogP contribution in [0.4, 0.5) is 5.82 Å². The molecule has 5 nitrogen and oxygen atoms in total. The van der Waals surface area contributed by atoms with Crippen LogP contribution in [-0.2, 0) is 0 Å². The molecule has 0 aliphatic carbocycles. The van der Waals surface area contributed by atoms with Gasteiger partial charge in [-0.3, -0.25) is 9.78 Å². The lowest BCUT2D eigenvalue weighted by Gasteiger charge is -2.07. The largest absolute Gasteiger partial charge is 0.369 e. The van der Waals surface area contributed by atoms with E-state index in [1.807, 2.05) is 6.92 Å². The standard InChI is InChI=1S/C16H28N4O/c1-4-18-15-12-17-11-14(20-15)16(21)19-10-8-6-5-7-9-13(2)3/h11-13H,4-10H2,1-3H3,(H,18,20)(H,19,21). The summed E-state index contributed by atoms with van der Waals surface area (Å²) in [4.78, 5) is 20.2. The summed E-state index contributed by atoms with van der Waals surface area (Å²) in [5, 5.41) is 5.95. The molecule has 21 heavy (non-hydrogen) atoms. The van der Waals surface area contributed by atoms with Gasteiger partial charge in [-0.25, -0.2) is 4.98 Å². The second-order valence-corrected chi connectivity index (χ2v) is 5.67. The van der Waals surface area contributed by atoms with Crippen LogP contribution >= 0.6 is 0 Å². The maximum absolute atomic E-state index is 11.9. The van der Waals surface area contributed by atoms with Crippen molar-refractivity contribution in [3.05, 3.63) is 18.1 Å². The van der Waals surface area contributed by atoms with Crippen molar-refractivity contribution in [1.82, 2.24) is 15.3 Å². The Morgan fingerprint density at radius 1 is 1.19 bits per heavy atom. The molecule has 0 saturated carbocycles. The van der Waals surface area contributed by atoms with Crippen LogP contribution in [0.1, 0.15) is 63.4 Å². The number of amides is 1. The summed E-state index contributed by atoms with van der Waals surface area (Å²) >= 11 is 0. The van der Waals surface area contributed by atoms with E-state index in [0.717, 1.165) is 25.3 Å². The third kappa shape index (κ3) is 7.63. The van der Waals surface area contributed by atoms with Crippen molar-refractivity contribution in [2.24, 2.45) is 5.92 Å². The molecule has 0 bridgehead atoms. The summed E-state index contributed by atoms with van der Waals surface area (Å²) in [5.74, 6) is 1.27. The highest BCUT2D eigenvalue weighted by molar-refractivity contribution is 5.92. The summed E-state index contributed by atoms with van der Waals surface area (Å²) in [6.45, 7) is 7.95. The van der Waals surface area contributed by atoms with Crippen LogP contribution in [-0.4, -0.2) is 29.0 Å². The quantitative estimate of drug-likeness (QED) is 0.650. The Kier molecular flexibility index (Phi) is 8.40. The Labute approximate surface area is 128 Å². The predicted octanol–water partition coefficient (Wildman–Crippen LogP) is 3.24. The number of unbranched alkanes of at least 4 members (excludes halogenated alkanes) is 3.